The first kappa shape index (κ1) is 14.8. The first-order valence-corrected chi connectivity index (χ1v) is 7.37. The molecule has 0 spiro atoms. The van der Waals surface area contributed by atoms with E-state index in [9.17, 15) is 5.11 Å². The highest BCUT2D eigenvalue weighted by Crippen LogP contribution is 2.27. The number of β-amino-alcohol motifs (C(OH)–C–C–N with tert-alkyl or cyclic N) is 1. The highest BCUT2D eigenvalue weighted by atomic mass is 35.5. The number of nitrogens with zero attached hydrogens (tertiary/aromatic N) is 1. The van der Waals surface area contributed by atoms with Crippen LogP contribution in [0.3, 0.4) is 0 Å². The molecule has 0 aromatic heterocycles. The Morgan fingerprint density at radius 3 is 2.89 bits per heavy atom. The van der Waals surface area contributed by atoms with Crippen LogP contribution < -0.4 is 0 Å². The van der Waals surface area contributed by atoms with E-state index in [4.69, 9.17) is 16.7 Å². The molecule has 19 heavy (non-hydrogen) atoms. The lowest BCUT2D eigenvalue weighted by molar-refractivity contribution is 0.101. The minimum atomic E-state index is -0.538. The van der Waals surface area contributed by atoms with E-state index in [1.54, 1.807) is 0 Å². The fourth-order valence-corrected chi connectivity index (χ4v) is 3.12. The molecular weight excluding hydrogens is 262 g/mol. The van der Waals surface area contributed by atoms with Crippen LogP contribution in [0.5, 0.6) is 0 Å². The fourth-order valence-electron chi connectivity index (χ4n) is 2.86. The molecule has 3 nitrogen and oxygen atoms in total. The largest absolute Gasteiger partial charge is 0.396 e. The van der Waals surface area contributed by atoms with Crippen LogP contribution >= 0.6 is 11.6 Å². The number of aliphatic hydroxyl groups excluding tert-OH is 2. The molecule has 1 aromatic rings. The van der Waals surface area contributed by atoms with E-state index >= 15 is 0 Å². The highest BCUT2D eigenvalue weighted by Gasteiger charge is 2.26. The van der Waals surface area contributed by atoms with Crippen molar-refractivity contribution in [2.75, 3.05) is 19.7 Å². The quantitative estimate of drug-likeness (QED) is 0.843. The summed E-state index contributed by atoms with van der Waals surface area (Å²) >= 11 is 6.11. The minimum absolute atomic E-state index is 0.247. The molecule has 0 aliphatic carbocycles. The molecule has 2 rings (SSSR count). The maximum absolute atomic E-state index is 10.3. The lowest BCUT2D eigenvalue weighted by Crippen LogP contribution is -2.33. The van der Waals surface area contributed by atoms with Gasteiger partial charge in [0.1, 0.15) is 0 Å². The van der Waals surface area contributed by atoms with Gasteiger partial charge in [-0.2, -0.15) is 0 Å². The summed E-state index contributed by atoms with van der Waals surface area (Å²) in [6.07, 6.45) is 3.64. The zero-order valence-electron chi connectivity index (χ0n) is 11.1. The summed E-state index contributed by atoms with van der Waals surface area (Å²) in [5, 5.41) is 19.9. The molecule has 2 unspecified atom stereocenters. The van der Waals surface area contributed by atoms with Gasteiger partial charge in [-0.25, -0.2) is 0 Å². The number of likely N-dealkylation sites (tertiary alicyclic amines) is 1. The van der Waals surface area contributed by atoms with Crippen molar-refractivity contribution in [3.8, 4) is 0 Å². The molecule has 1 aliphatic heterocycles. The Labute approximate surface area is 119 Å². The summed E-state index contributed by atoms with van der Waals surface area (Å²) in [6.45, 7) is 1.90. The molecule has 0 bridgehead atoms. The van der Waals surface area contributed by atoms with Gasteiger partial charge in [-0.1, -0.05) is 29.8 Å². The van der Waals surface area contributed by atoms with Crippen LogP contribution in [0.1, 0.15) is 37.4 Å². The van der Waals surface area contributed by atoms with Gasteiger partial charge in [0.25, 0.3) is 0 Å². The Morgan fingerprint density at radius 2 is 2.16 bits per heavy atom. The smallest absolute Gasteiger partial charge is 0.0931 e. The fraction of sp³-hybridized carbons (Fsp3) is 0.600. The molecule has 1 aromatic carbocycles. The summed E-state index contributed by atoms with van der Waals surface area (Å²) in [6, 6.07) is 7.96. The molecule has 106 valence electrons. The second kappa shape index (κ2) is 7.25. The van der Waals surface area contributed by atoms with Crippen LogP contribution in [0.15, 0.2) is 24.3 Å². The lowest BCUT2D eigenvalue weighted by Gasteiger charge is -2.27. The van der Waals surface area contributed by atoms with Gasteiger partial charge in [-0.05, 0) is 38.3 Å². The van der Waals surface area contributed by atoms with Crippen LogP contribution in [-0.2, 0) is 0 Å². The Kier molecular flexibility index (Phi) is 5.64. The summed E-state index contributed by atoms with van der Waals surface area (Å²) in [5.74, 6) is 0. The Balaban J connectivity index is 1.94. The van der Waals surface area contributed by atoms with Gasteiger partial charge >= 0.3 is 0 Å². The van der Waals surface area contributed by atoms with E-state index in [0.717, 1.165) is 31.4 Å². The van der Waals surface area contributed by atoms with Gasteiger partial charge in [-0.3, -0.25) is 4.90 Å². The van der Waals surface area contributed by atoms with E-state index in [1.807, 2.05) is 24.3 Å². The molecule has 1 fully saturated rings. The van der Waals surface area contributed by atoms with Gasteiger partial charge < -0.3 is 10.2 Å². The van der Waals surface area contributed by atoms with Gasteiger partial charge in [0.15, 0.2) is 0 Å². The Bertz CT molecular complexity index is 399. The molecule has 2 atom stereocenters. The topological polar surface area (TPSA) is 43.7 Å². The minimum Gasteiger partial charge on any atom is -0.396 e. The van der Waals surface area contributed by atoms with E-state index in [1.165, 1.54) is 6.42 Å². The van der Waals surface area contributed by atoms with Crippen LogP contribution in [0.2, 0.25) is 5.02 Å². The zero-order valence-corrected chi connectivity index (χ0v) is 11.9. The summed E-state index contributed by atoms with van der Waals surface area (Å²) in [4.78, 5) is 2.32. The van der Waals surface area contributed by atoms with Crippen LogP contribution in [0.25, 0.3) is 0 Å². The average molecular weight is 284 g/mol. The maximum Gasteiger partial charge on any atom is 0.0931 e. The predicted molar refractivity (Wildman–Crippen MR) is 77.3 cm³/mol. The molecule has 1 saturated heterocycles. The Hall–Kier alpha value is -0.610. The van der Waals surface area contributed by atoms with Gasteiger partial charge in [0, 0.05) is 29.8 Å². The normalized spacial score (nSPS) is 21.7. The van der Waals surface area contributed by atoms with Gasteiger partial charge in [0.05, 0.1) is 6.10 Å². The number of halogens is 1. The SMILES string of the molecule is OCCCC1CCCN1CC(O)c1ccccc1Cl. The van der Waals surface area contributed by atoms with Crippen LogP contribution in [0.4, 0.5) is 0 Å². The standard InChI is InChI=1S/C15H22ClNO2/c16-14-8-2-1-7-13(14)15(19)11-17-9-3-5-12(17)6-4-10-18/h1-2,7-8,12,15,18-19H,3-6,9-11H2. The number of hydrogen-bond acceptors (Lipinski definition) is 3. The Morgan fingerprint density at radius 1 is 1.37 bits per heavy atom. The molecule has 1 aliphatic rings. The molecule has 0 saturated carbocycles. The molecule has 4 heteroatoms. The first-order valence-electron chi connectivity index (χ1n) is 6.99. The van der Waals surface area contributed by atoms with E-state index in [2.05, 4.69) is 4.90 Å². The second-order valence-electron chi connectivity index (χ2n) is 5.19. The number of hydrogen-bond donors (Lipinski definition) is 2. The monoisotopic (exact) mass is 283 g/mol. The number of aliphatic hydroxyl groups is 2. The van der Waals surface area contributed by atoms with Gasteiger partial charge in [0.2, 0.25) is 0 Å². The van der Waals surface area contributed by atoms with Crippen molar-refractivity contribution in [2.45, 2.75) is 37.8 Å². The molecule has 2 N–H and O–H groups in total. The summed E-state index contributed by atoms with van der Waals surface area (Å²) in [5.41, 5.74) is 0.803. The van der Waals surface area contributed by atoms with E-state index in [-0.39, 0.29) is 6.61 Å². The molecule has 0 amide bonds. The summed E-state index contributed by atoms with van der Waals surface area (Å²) < 4.78 is 0. The lowest BCUT2D eigenvalue weighted by atomic mass is 10.1. The summed E-state index contributed by atoms with van der Waals surface area (Å²) in [7, 11) is 0. The van der Waals surface area contributed by atoms with Crippen molar-refractivity contribution in [3.63, 3.8) is 0 Å². The van der Waals surface area contributed by atoms with Gasteiger partial charge in [-0.15, -0.1) is 0 Å². The van der Waals surface area contributed by atoms with Crippen molar-refractivity contribution in [1.82, 2.24) is 4.90 Å². The average Bonchev–Trinajstić information content (AvgIpc) is 2.84. The molecule has 0 radical (unpaired) electrons. The maximum atomic E-state index is 10.3. The second-order valence-corrected chi connectivity index (χ2v) is 5.60. The molecule has 1 heterocycles. The van der Waals surface area contributed by atoms with Crippen molar-refractivity contribution < 1.29 is 10.2 Å². The zero-order chi connectivity index (χ0) is 13.7. The van der Waals surface area contributed by atoms with Crippen LogP contribution in [-0.4, -0.2) is 40.9 Å². The predicted octanol–water partition coefficient (Wildman–Crippen LogP) is 2.61. The number of rotatable bonds is 6. The highest BCUT2D eigenvalue weighted by molar-refractivity contribution is 6.31. The van der Waals surface area contributed by atoms with E-state index in [0.29, 0.717) is 17.6 Å². The first-order chi connectivity index (χ1) is 9.22. The third kappa shape index (κ3) is 3.93. The van der Waals surface area contributed by atoms with Crippen molar-refractivity contribution in [1.29, 1.82) is 0 Å². The third-order valence-electron chi connectivity index (χ3n) is 3.87. The van der Waals surface area contributed by atoms with Crippen molar-refractivity contribution >= 4 is 11.6 Å². The third-order valence-corrected chi connectivity index (χ3v) is 4.21. The molecular formula is C15H22ClNO2. The van der Waals surface area contributed by atoms with Crippen molar-refractivity contribution in [2.24, 2.45) is 0 Å². The number of benzene rings is 1. The van der Waals surface area contributed by atoms with Crippen LogP contribution in [0, 0.1) is 0 Å². The van der Waals surface area contributed by atoms with E-state index < -0.39 is 6.10 Å². The van der Waals surface area contributed by atoms with Crippen molar-refractivity contribution in [3.05, 3.63) is 34.9 Å².